The van der Waals surface area contributed by atoms with Gasteiger partial charge in [0.25, 0.3) is 11.8 Å². The van der Waals surface area contributed by atoms with Gasteiger partial charge in [-0.25, -0.2) is 14.4 Å². The molecule has 6 aromatic rings. The van der Waals surface area contributed by atoms with E-state index >= 15 is 4.39 Å². The lowest BCUT2D eigenvalue weighted by Gasteiger charge is -2.38. The van der Waals surface area contributed by atoms with Crippen molar-refractivity contribution in [3.8, 4) is 28.9 Å². The summed E-state index contributed by atoms with van der Waals surface area (Å²) in [5, 5.41) is 5.02. The van der Waals surface area contributed by atoms with Crippen molar-refractivity contribution in [2.24, 2.45) is 18.9 Å². The SMILES string of the molecule is COc1cc2c(Oc3ccc(NC(=O)c4c(C)n(C)c5ccc(OC(F)(F)F)cc5c4=O)cc3F)ncnc2cc1OCC1CCN(C(=O)C2CCN(c3ccc4c(c3)CN(C3CCC(=O)NC3=O)C4=O)CC2)CC1. The fourth-order valence-corrected chi connectivity index (χ4v) is 10.4. The number of hydrogen-bond donors (Lipinski definition) is 2. The highest BCUT2D eigenvalue weighted by Crippen LogP contribution is 2.39. The molecule has 0 spiro atoms. The van der Waals surface area contributed by atoms with Gasteiger partial charge in [0.2, 0.25) is 29.0 Å². The number of benzene rings is 4. The molecule has 2 aromatic heterocycles. The summed E-state index contributed by atoms with van der Waals surface area (Å²) in [6.45, 7) is 4.72. The minimum Gasteiger partial charge on any atom is -0.493 e. The highest BCUT2D eigenvalue weighted by molar-refractivity contribution is 6.07. The number of ether oxygens (including phenoxy) is 4. The van der Waals surface area contributed by atoms with Crippen LogP contribution in [0.1, 0.15) is 70.5 Å². The van der Waals surface area contributed by atoms with Crippen LogP contribution in [0.2, 0.25) is 0 Å². The Hall–Kier alpha value is -8.30. The normalized spacial score (nSPS) is 17.6. The fourth-order valence-electron chi connectivity index (χ4n) is 10.4. The van der Waals surface area contributed by atoms with E-state index in [1.54, 1.807) is 30.1 Å². The minimum atomic E-state index is -5.00. The third kappa shape index (κ3) is 10.2. The van der Waals surface area contributed by atoms with E-state index in [0.717, 1.165) is 42.3 Å². The lowest BCUT2D eigenvalue weighted by Crippen LogP contribution is -2.52. The molecule has 1 atom stereocenters. The maximum atomic E-state index is 15.6. The fraction of sp³-hybridized carbons (Fsp3) is 0.358. The summed E-state index contributed by atoms with van der Waals surface area (Å²) < 4.78 is 77.7. The van der Waals surface area contributed by atoms with Crippen LogP contribution in [-0.4, -0.2) is 106 Å². The smallest absolute Gasteiger partial charge is 0.493 e. The number of carbonyl (C=O) groups is 5. The molecule has 5 amide bonds. The topological polar surface area (TPSA) is 204 Å². The van der Waals surface area contributed by atoms with E-state index in [4.69, 9.17) is 14.2 Å². The van der Waals surface area contributed by atoms with Gasteiger partial charge in [-0.2, -0.15) is 0 Å². The predicted molar refractivity (Wildman–Crippen MR) is 263 cm³/mol. The van der Waals surface area contributed by atoms with Crippen molar-refractivity contribution in [1.29, 1.82) is 0 Å². The summed E-state index contributed by atoms with van der Waals surface area (Å²) in [6, 6.07) is 15.2. The van der Waals surface area contributed by atoms with Crippen molar-refractivity contribution in [1.82, 2.24) is 29.7 Å². The molecule has 0 radical (unpaired) electrons. The van der Waals surface area contributed by atoms with Crippen LogP contribution < -0.4 is 39.9 Å². The predicted octanol–water partition coefficient (Wildman–Crippen LogP) is 7.18. The summed E-state index contributed by atoms with van der Waals surface area (Å²) in [6.07, 6.45) is -0.385. The van der Waals surface area contributed by atoms with E-state index in [1.807, 2.05) is 17.0 Å². The van der Waals surface area contributed by atoms with Crippen LogP contribution in [0, 0.1) is 24.6 Å². The molecule has 75 heavy (non-hydrogen) atoms. The number of hydrogen-bond acceptors (Lipinski definition) is 13. The summed E-state index contributed by atoms with van der Waals surface area (Å²) in [5.41, 5.74) is 2.03. The van der Waals surface area contributed by atoms with E-state index in [-0.39, 0.29) is 75.5 Å². The number of halogens is 4. The van der Waals surface area contributed by atoms with E-state index < -0.39 is 41.2 Å². The van der Waals surface area contributed by atoms with E-state index in [1.165, 1.54) is 43.1 Å². The molecule has 3 saturated heterocycles. The number of methoxy groups -OCH3 is 1. The van der Waals surface area contributed by atoms with Gasteiger partial charge in [0.15, 0.2) is 23.1 Å². The Morgan fingerprint density at radius 2 is 1.63 bits per heavy atom. The van der Waals surface area contributed by atoms with Crippen LogP contribution in [-0.2, 0) is 28.0 Å². The molecule has 3 fully saturated rings. The Bertz CT molecular complexity index is 3370. The molecule has 4 aliphatic heterocycles. The highest BCUT2D eigenvalue weighted by Gasteiger charge is 2.40. The molecule has 6 heterocycles. The molecule has 10 rings (SSSR count). The average molecular weight is 1040 g/mol. The van der Waals surface area contributed by atoms with E-state index in [9.17, 15) is 41.9 Å². The monoisotopic (exact) mass is 1030 g/mol. The lowest BCUT2D eigenvalue weighted by molar-refractivity contribution is -0.274. The van der Waals surface area contributed by atoms with Crippen molar-refractivity contribution in [2.45, 2.75) is 64.4 Å². The summed E-state index contributed by atoms with van der Waals surface area (Å²) >= 11 is 0. The van der Waals surface area contributed by atoms with Crippen LogP contribution in [0.25, 0.3) is 21.8 Å². The number of fused-ring (bicyclic) bond motifs is 3. The number of likely N-dealkylation sites (tertiary alicyclic amines) is 1. The van der Waals surface area contributed by atoms with Crippen molar-refractivity contribution in [3.63, 3.8) is 0 Å². The van der Waals surface area contributed by atoms with Gasteiger partial charge >= 0.3 is 6.36 Å². The van der Waals surface area contributed by atoms with Gasteiger partial charge in [0, 0.05) is 86.9 Å². The molecule has 22 heteroatoms. The molecule has 390 valence electrons. The first-order chi connectivity index (χ1) is 35.9. The van der Waals surface area contributed by atoms with Gasteiger partial charge in [0.1, 0.15) is 23.7 Å². The number of carbonyl (C=O) groups excluding carboxylic acids is 5. The molecule has 0 bridgehead atoms. The third-order valence-corrected chi connectivity index (χ3v) is 14.5. The summed E-state index contributed by atoms with van der Waals surface area (Å²) in [5.74, 6) is -2.72. The standard InChI is InChI=1S/C53H50F4N8O10/c1-28-46(47(67)37-22-34(75-53(55,56)57)6-8-40(37)62(28)2)49(69)60-32-4-10-42(38(54)21-32)74-50-36-23-43(72-3)44(24-39(36)58-27-59-50)73-26-29-12-16-64(17-13-29)51(70)30-14-18-63(19-15-30)33-5-7-35-31(20-33)25-65(52(35)71)41-9-11-45(66)61-48(41)68/h4-8,10,20-24,27,29-30,41H,9,11-19,25-26H2,1-3H3,(H,60,69)(H,61,66,68). The second-order valence-corrected chi connectivity index (χ2v) is 19.1. The van der Waals surface area contributed by atoms with Crippen molar-refractivity contribution in [2.75, 3.05) is 50.1 Å². The van der Waals surface area contributed by atoms with Gasteiger partial charge < -0.3 is 43.5 Å². The Kier molecular flexibility index (Phi) is 13.5. The molecule has 0 saturated carbocycles. The highest BCUT2D eigenvalue weighted by atomic mass is 19.4. The number of nitrogens with zero attached hydrogens (tertiary/aromatic N) is 6. The largest absolute Gasteiger partial charge is 0.573 e. The maximum Gasteiger partial charge on any atom is 0.573 e. The van der Waals surface area contributed by atoms with Gasteiger partial charge in [-0.3, -0.25) is 34.1 Å². The van der Waals surface area contributed by atoms with Crippen molar-refractivity contribution < 1.29 is 60.5 Å². The second kappa shape index (κ2) is 20.2. The summed E-state index contributed by atoms with van der Waals surface area (Å²) in [7, 11) is 3.02. The molecular formula is C53H50F4N8O10. The minimum absolute atomic E-state index is 0.00610. The first-order valence-electron chi connectivity index (χ1n) is 24.4. The van der Waals surface area contributed by atoms with Crippen LogP contribution in [0.3, 0.4) is 0 Å². The van der Waals surface area contributed by atoms with Gasteiger partial charge in [0.05, 0.1) is 35.5 Å². The van der Waals surface area contributed by atoms with Crippen LogP contribution >= 0.6 is 0 Å². The summed E-state index contributed by atoms with van der Waals surface area (Å²) in [4.78, 5) is 92.3. The van der Waals surface area contributed by atoms with Crippen LogP contribution in [0.5, 0.6) is 28.9 Å². The van der Waals surface area contributed by atoms with Gasteiger partial charge in [-0.05, 0) is 105 Å². The number of aryl methyl sites for hydroxylation is 1. The molecule has 0 aliphatic carbocycles. The van der Waals surface area contributed by atoms with E-state index in [2.05, 4.69) is 30.2 Å². The first-order valence-corrected chi connectivity index (χ1v) is 24.4. The molecule has 1 unspecified atom stereocenters. The quantitative estimate of drug-likeness (QED) is 0.0923. The number of alkyl halides is 3. The molecule has 4 aromatic carbocycles. The first kappa shape index (κ1) is 50.2. The number of amides is 5. The zero-order valence-corrected chi connectivity index (χ0v) is 40.9. The molecular weight excluding hydrogens is 985 g/mol. The third-order valence-electron chi connectivity index (χ3n) is 14.5. The Morgan fingerprint density at radius 3 is 2.35 bits per heavy atom. The number of anilines is 2. The number of rotatable bonds is 12. The zero-order valence-electron chi connectivity index (χ0n) is 40.9. The van der Waals surface area contributed by atoms with Crippen LogP contribution in [0.4, 0.5) is 28.9 Å². The molecule has 4 aliphatic rings. The molecule has 2 N–H and O–H groups in total. The zero-order chi connectivity index (χ0) is 52.9. The van der Waals surface area contributed by atoms with Gasteiger partial charge in [-0.15, -0.1) is 13.2 Å². The van der Waals surface area contributed by atoms with Crippen molar-refractivity contribution in [3.05, 3.63) is 111 Å². The second-order valence-electron chi connectivity index (χ2n) is 19.1. The number of aromatic nitrogens is 3. The average Bonchev–Trinajstić information content (AvgIpc) is 3.72. The van der Waals surface area contributed by atoms with Gasteiger partial charge in [-0.1, -0.05) is 0 Å². The Balaban J connectivity index is 0.721. The van der Waals surface area contributed by atoms with E-state index in [0.29, 0.717) is 86.6 Å². The van der Waals surface area contributed by atoms with Crippen LogP contribution in [0.15, 0.2) is 77.9 Å². The lowest BCUT2D eigenvalue weighted by atomic mass is 9.92. The maximum absolute atomic E-state index is 15.6. The number of pyridine rings is 1. The van der Waals surface area contributed by atoms with Crippen molar-refractivity contribution >= 4 is 62.7 Å². The molecule has 18 nitrogen and oxygen atoms in total. The number of imide groups is 1. The Labute approximate surface area is 425 Å². The number of nitrogens with one attached hydrogen (secondary N) is 2. The Morgan fingerprint density at radius 1 is 0.853 bits per heavy atom. The number of piperidine rings is 3.